The van der Waals surface area contributed by atoms with Crippen molar-refractivity contribution in [2.45, 2.75) is 37.7 Å². The molecule has 0 bridgehead atoms. The van der Waals surface area contributed by atoms with E-state index >= 15 is 0 Å². The minimum Gasteiger partial charge on any atom is -0.489 e. The van der Waals surface area contributed by atoms with Gasteiger partial charge in [0.2, 0.25) is 5.91 Å². The molecule has 5 rings (SSSR count). The van der Waals surface area contributed by atoms with Crippen LogP contribution in [-0.2, 0) is 40.0 Å². The molecular formula is C34H31F3N2O4. The molecule has 222 valence electrons. The van der Waals surface area contributed by atoms with E-state index in [-0.39, 0.29) is 18.9 Å². The number of carbonyl (C=O) groups excluding carboxylic acids is 2. The molecule has 6 nitrogen and oxygen atoms in total. The van der Waals surface area contributed by atoms with Crippen LogP contribution < -0.4 is 15.4 Å². The van der Waals surface area contributed by atoms with Gasteiger partial charge in [-0.1, -0.05) is 72.8 Å². The molecule has 1 aliphatic rings. The Bertz CT molecular complexity index is 1560. The first kappa shape index (κ1) is 29.8. The number of carbonyl (C=O) groups is 2. The minimum atomic E-state index is -4.40. The molecule has 4 aromatic rings. The lowest BCUT2D eigenvalue weighted by molar-refractivity contribution is -0.145. The summed E-state index contributed by atoms with van der Waals surface area (Å²) < 4.78 is 49.4. The number of amides is 1. The summed E-state index contributed by atoms with van der Waals surface area (Å²) in [5.41, 5.74) is 4.52. The monoisotopic (exact) mass is 588 g/mol. The first-order valence-electron chi connectivity index (χ1n) is 13.9. The number of esters is 1. The van der Waals surface area contributed by atoms with Gasteiger partial charge in [-0.3, -0.25) is 4.79 Å². The second kappa shape index (κ2) is 13.1. The molecule has 4 aromatic carbocycles. The maximum atomic E-state index is 13.5. The zero-order valence-electron chi connectivity index (χ0n) is 23.5. The van der Waals surface area contributed by atoms with Gasteiger partial charge in [0.05, 0.1) is 12.7 Å². The Hall–Kier alpha value is -4.63. The van der Waals surface area contributed by atoms with Crippen LogP contribution in [0.4, 0.5) is 13.2 Å². The molecule has 1 unspecified atom stereocenters. The smallest absolute Gasteiger partial charge is 0.416 e. The molecule has 0 aliphatic carbocycles. The van der Waals surface area contributed by atoms with Crippen LogP contribution in [0.15, 0.2) is 97.1 Å². The summed E-state index contributed by atoms with van der Waals surface area (Å²) in [6.07, 6.45) is -3.45. The predicted octanol–water partition coefficient (Wildman–Crippen LogP) is 6.04. The molecule has 1 heterocycles. The molecule has 0 saturated heterocycles. The van der Waals surface area contributed by atoms with E-state index in [0.29, 0.717) is 29.8 Å². The van der Waals surface area contributed by atoms with E-state index in [1.165, 1.54) is 19.2 Å². The van der Waals surface area contributed by atoms with Gasteiger partial charge >= 0.3 is 12.1 Å². The van der Waals surface area contributed by atoms with Crippen molar-refractivity contribution in [3.63, 3.8) is 0 Å². The molecule has 1 amide bonds. The molecule has 2 N–H and O–H groups in total. The molecule has 0 saturated carbocycles. The third kappa shape index (κ3) is 7.42. The lowest BCUT2D eigenvalue weighted by atomic mass is 9.93. The number of ether oxygens (including phenoxy) is 2. The number of alkyl halides is 3. The second-order valence-electron chi connectivity index (χ2n) is 10.3. The van der Waals surface area contributed by atoms with E-state index in [0.717, 1.165) is 34.4 Å². The Labute approximate surface area is 247 Å². The lowest BCUT2D eigenvalue weighted by Crippen LogP contribution is -2.49. The summed E-state index contributed by atoms with van der Waals surface area (Å²) in [7, 11) is 1.29. The van der Waals surface area contributed by atoms with Crippen LogP contribution in [0.5, 0.6) is 5.75 Å². The number of benzene rings is 4. The van der Waals surface area contributed by atoms with Crippen molar-refractivity contribution in [3.8, 4) is 16.9 Å². The van der Waals surface area contributed by atoms with Crippen LogP contribution in [-0.4, -0.2) is 31.6 Å². The van der Waals surface area contributed by atoms with Crippen molar-refractivity contribution < 1.29 is 32.2 Å². The quantitative estimate of drug-likeness (QED) is 0.233. The summed E-state index contributed by atoms with van der Waals surface area (Å²) in [6, 6.07) is 26.3. The molecule has 2 atom stereocenters. The Morgan fingerprint density at radius 2 is 1.58 bits per heavy atom. The Morgan fingerprint density at radius 3 is 2.26 bits per heavy atom. The number of nitrogens with one attached hydrogen (secondary N) is 2. The van der Waals surface area contributed by atoms with Crippen LogP contribution in [0, 0.1) is 0 Å². The number of fused-ring (bicyclic) bond motifs is 1. The number of methoxy groups -OCH3 is 1. The van der Waals surface area contributed by atoms with Gasteiger partial charge in [-0.15, -0.1) is 0 Å². The number of halogens is 3. The fourth-order valence-electron chi connectivity index (χ4n) is 5.10. The summed E-state index contributed by atoms with van der Waals surface area (Å²) in [6.45, 7) is 0.634. The van der Waals surface area contributed by atoms with Gasteiger partial charge < -0.3 is 20.1 Å². The van der Waals surface area contributed by atoms with Gasteiger partial charge in [0.1, 0.15) is 24.4 Å². The Balaban J connectivity index is 1.27. The maximum absolute atomic E-state index is 13.5. The molecule has 0 aromatic heterocycles. The zero-order valence-corrected chi connectivity index (χ0v) is 23.5. The van der Waals surface area contributed by atoms with Crippen molar-refractivity contribution in [2.24, 2.45) is 0 Å². The number of hydrogen-bond donors (Lipinski definition) is 2. The highest BCUT2D eigenvalue weighted by Gasteiger charge is 2.31. The first-order valence-corrected chi connectivity index (χ1v) is 13.9. The van der Waals surface area contributed by atoms with E-state index in [9.17, 15) is 22.8 Å². The van der Waals surface area contributed by atoms with E-state index in [1.54, 1.807) is 12.1 Å². The van der Waals surface area contributed by atoms with E-state index in [2.05, 4.69) is 10.6 Å². The first-order chi connectivity index (χ1) is 20.7. The standard InChI is InChI=1S/C34H31F3N2O4/c1-42-33(41)30(19-22-7-11-25(12-8-22)24-5-3-2-4-6-24)39-32(40)31-29-20-28(16-13-26(29)17-18-38-31)43-21-23-9-14-27(15-10-23)34(35,36)37/h2-16,20,30-31,38H,17-19,21H2,1H3,(H,39,40)/t30-,31?/m0/s1. The predicted molar refractivity (Wildman–Crippen MR) is 156 cm³/mol. The summed E-state index contributed by atoms with van der Waals surface area (Å²) in [5, 5.41) is 6.08. The molecule has 0 spiro atoms. The third-order valence-corrected chi connectivity index (χ3v) is 7.42. The minimum absolute atomic E-state index is 0.0642. The van der Waals surface area contributed by atoms with Gasteiger partial charge in [-0.25, -0.2) is 4.79 Å². The van der Waals surface area contributed by atoms with Crippen LogP contribution in [0.3, 0.4) is 0 Å². The van der Waals surface area contributed by atoms with Gasteiger partial charge in [0, 0.05) is 13.0 Å². The summed E-state index contributed by atoms with van der Waals surface area (Å²) >= 11 is 0. The topological polar surface area (TPSA) is 76.7 Å². The van der Waals surface area contributed by atoms with Crippen molar-refractivity contribution in [3.05, 3.63) is 125 Å². The molecule has 0 radical (unpaired) electrons. The average Bonchev–Trinajstić information content (AvgIpc) is 3.03. The maximum Gasteiger partial charge on any atom is 0.416 e. The Kier molecular flexibility index (Phi) is 9.11. The highest BCUT2D eigenvalue weighted by atomic mass is 19.4. The number of rotatable bonds is 9. The van der Waals surface area contributed by atoms with E-state index in [1.807, 2.05) is 60.7 Å². The highest BCUT2D eigenvalue weighted by molar-refractivity contribution is 5.89. The van der Waals surface area contributed by atoms with Gasteiger partial charge in [-0.05, 0) is 64.1 Å². The Morgan fingerprint density at radius 1 is 0.907 bits per heavy atom. The number of hydrogen-bond acceptors (Lipinski definition) is 5. The fourth-order valence-corrected chi connectivity index (χ4v) is 5.10. The van der Waals surface area contributed by atoms with Crippen LogP contribution >= 0.6 is 0 Å². The molecule has 0 fully saturated rings. The van der Waals surface area contributed by atoms with Crippen LogP contribution in [0.25, 0.3) is 11.1 Å². The molecule has 9 heteroatoms. The van der Waals surface area contributed by atoms with Gasteiger partial charge in [0.25, 0.3) is 0 Å². The average molecular weight is 589 g/mol. The largest absolute Gasteiger partial charge is 0.489 e. The van der Waals surface area contributed by atoms with E-state index < -0.39 is 29.8 Å². The zero-order chi connectivity index (χ0) is 30.4. The van der Waals surface area contributed by atoms with Crippen molar-refractivity contribution in [1.29, 1.82) is 0 Å². The van der Waals surface area contributed by atoms with Gasteiger partial charge in [0.15, 0.2) is 0 Å². The van der Waals surface area contributed by atoms with Gasteiger partial charge in [-0.2, -0.15) is 13.2 Å². The second-order valence-corrected chi connectivity index (χ2v) is 10.3. The van der Waals surface area contributed by atoms with Crippen molar-refractivity contribution in [2.75, 3.05) is 13.7 Å². The molecule has 43 heavy (non-hydrogen) atoms. The highest BCUT2D eigenvalue weighted by Crippen LogP contribution is 2.30. The molecular weight excluding hydrogens is 557 g/mol. The third-order valence-electron chi connectivity index (χ3n) is 7.42. The van der Waals surface area contributed by atoms with Crippen molar-refractivity contribution >= 4 is 11.9 Å². The lowest BCUT2D eigenvalue weighted by Gasteiger charge is -2.28. The summed E-state index contributed by atoms with van der Waals surface area (Å²) in [4.78, 5) is 26.2. The fraction of sp³-hybridized carbons (Fsp3) is 0.235. The van der Waals surface area contributed by atoms with Crippen molar-refractivity contribution in [1.82, 2.24) is 10.6 Å². The van der Waals surface area contributed by atoms with Crippen LogP contribution in [0.2, 0.25) is 0 Å². The summed E-state index contributed by atoms with van der Waals surface area (Å²) in [5.74, 6) is -0.453. The molecule has 1 aliphatic heterocycles. The normalized spacial score (nSPS) is 15.2. The van der Waals surface area contributed by atoms with Crippen LogP contribution in [0.1, 0.15) is 33.9 Å². The SMILES string of the molecule is COC(=O)[C@H](Cc1ccc(-c2ccccc2)cc1)NC(=O)C1NCCc2ccc(OCc3ccc(C(F)(F)F)cc3)cc21. The van der Waals surface area contributed by atoms with E-state index in [4.69, 9.17) is 9.47 Å².